The molecule has 0 amide bonds. The summed E-state index contributed by atoms with van der Waals surface area (Å²) in [6, 6.07) is 108. The Bertz CT molecular complexity index is 5730. The fourth-order valence-electron chi connectivity index (χ4n) is 15.8. The third-order valence-electron chi connectivity index (χ3n) is 19.9. The van der Waals surface area contributed by atoms with Crippen molar-refractivity contribution < 1.29 is 9.47 Å². The van der Waals surface area contributed by atoms with Crippen molar-refractivity contribution in [2.24, 2.45) is 0 Å². The molecule has 0 bridgehead atoms. The predicted molar refractivity (Wildman–Crippen MR) is 381 cm³/mol. The molecule has 16 aromatic rings. The van der Waals surface area contributed by atoms with Crippen molar-refractivity contribution in [3.63, 3.8) is 0 Å². The molecule has 0 N–H and O–H groups in total. The largest absolute Gasteiger partial charge is 0.457 e. The second-order valence-electron chi connectivity index (χ2n) is 24.9. The van der Waals surface area contributed by atoms with Crippen molar-refractivity contribution >= 4 is 31.5 Å². The van der Waals surface area contributed by atoms with E-state index in [0.717, 1.165) is 113 Å². The minimum absolute atomic E-state index is 0.586. The summed E-state index contributed by atoms with van der Waals surface area (Å²) >= 11 is 1.81. The highest BCUT2D eigenvalue weighted by molar-refractivity contribution is 7.25. The van der Waals surface area contributed by atoms with Crippen LogP contribution in [0.2, 0.25) is 0 Å². The molecule has 12 aromatic carbocycles. The predicted octanol–water partition coefficient (Wildman–Crippen LogP) is 21.6. The van der Waals surface area contributed by atoms with Crippen LogP contribution in [0.5, 0.6) is 23.0 Å². The van der Waals surface area contributed by atoms with Crippen molar-refractivity contribution in [3.8, 4) is 124 Å². The zero-order valence-electron chi connectivity index (χ0n) is 50.9. The number of ether oxygens (including phenoxy) is 2. The molecular formula is C87H51N5O2S. The van der Waals surface area contributed by atoms with Crippen molar-refractivity contribution in [2.45, 2.75) is 10.8 Å². The molecule has 7 nitrogen and oxygen atoms in total. The zero-order valence-corrected chi connectivity index (χ0v) is 51.7. The number of fused-ring (bicyclic) bond motifs is 21. The van der Waals surface area contributed by atoms with E-state index in [2.05, 4.69) is 261 Å². The molecule has 2 aliphatic carbocycles. The molecule has 0 saturated heterocycles. The van der Waals surface area contributed by atoms with Gasteiger partial charge in [-0.1, -0.05) is 237 Å². The highest BCUT2D eigenvalue weighted by atomic mass is 32.1. The molecule has 8 heteroatoms. The van der Waals surface area contributed by atoms with Crippen LogP contribution >= 0.6 is 11.3 Å². The lowest BCUT2D eigenvalue weighted by molar-refractivity contribution is 0.436. The van der Waals surface area contributed by atoms with Gasteiger partial charge in [0.15, 0.2) is 11.6 Å². The number of rotatable bonds is 7. The molecule has 442 valence electrons. The van der Waals surface area contributed by atoms with Gasteiger partial charge in [0.1, 0.15) is 23.0 Å². The first-order valence-corrected chi connectivity index (χ1v) is 32.9. The van der Waals surface area contributed by atoms with E-state index in [1.165, 1.54) is 64.7 Å². The number of hydrogen-bond donors (Lipinski definition) is 0. The maximum Gasteiger partial charge on any atom is 0.160 e. The minimum Gasteiger partial charge on any atom is -0.457 e. The number of thiophene rings is 1. The van der Waals surface area contributed by atoms with Crippen molar-refractivity contribution in [1.82, 2.24) is 24.9 Å². The van der Waals surface area contributed by atoms with Crippen LogP contribution in [0.15, 0.2) is 310 Å². The Labute approximate surface area is 551 Å². The van der Waals surface area contributed by atoms with Crippen LogP contribution in [0, 0.1) is 0 Å². The molecule has 2 aliphatic heterocycles. The fourth-order valence-corrected chi connectivity index (χ4v) is 16.9. The highest BCUT2D eigenvalue weighted by Gasteiger charge is 2.53. The first-order chi connectivity index (χ1) is 47.0. The number of aromatic nitrogens is 5. The second-order valence-corrected chi connectivity index (χ2v) is 26.0. The molecule has 0 radical (unpaired) electrons. The summed E-state index contributed by atoms with van der Waals surface area (Å²) in [6.45, 7) is 0. The summed E-state index contributed by atoms with van der Waals surface area (Å²) in [5.41, 5.74) is 23.6. The van der Waals surface area contributed by atoms with Gasteiger partial charge in [-0.25, -0.2) is 19.9 Å². The molecule has 0 fully saturated rings. The SMILES string of the molecule is c1ccc(-c2cc(-c3ccccn3)nc(-c3ccc4c(c3)Oc3ccc(-c5ccc(-c6cc(-c7ccc8c(c7)sc7ccccc78)nc(-c7ccc8c(c7)Oc7ccccc7C87c8ccccc8-c8ccccc87)n6)cc5)cc3C43c4ccccc4-c4ccccc43)n2)cc1. The van der Waals surface area contributed by atoms with Crippen LogP contribution in [0.3, 0.4) is 0 Å². The Morgan fingerprint density at radius 1 is 0.242 bits per heavy atom. The molecule has 95 heavy (non-hydrogen) atoms. The number of nitrogens with zero attached hydrogens (tertiary/aromatic N) is 5. The van der Waals surface area contributed by atoms with Crippen molar-refractivity contribution in [1.29, 1.82) is 0 Å². The van der Waals surface area contributed by atoms with Gasteiger partial charge in [0.05, 0.1) is 39.3 Å². The van der Waals surface area contributed by atoms with Gasteiger partial charge in [0.25, 0.3) is 0 Å². The van der Waals surface area contributed by atoms with E-state index in [9.17, 15) is 0 Å². The van der Waals surface area contributed by atoms with Crippen molar-refractivity contribution in [2.75, 3.05) is 0 Å². The van der Waals surface area contributed by atoms with Crippen molar-refractivity contribution in [3.05, 3.63) is 354 Å². The lowest BCUT2D eigenvalue weighted by Crippen LogP contribution is -2.32. The molecule has 0 unspecified atom stereocenters. The van der Waals surface area contributed by atoms with Gasteiger partial charge in [0.2, 0.25) is 0 Å². The Hall–Kier alpha value is -12.2. The van der Waals surface area contributed by atoms with Crippen LogP contribution in [0.25, 0.3) is 121 Å². The summed E-state index contributed by atoms with van der Waals surface area (Å²) in [5.74, 6) is 4.35. The van der Waals surface area contributed by atoms with Gasteiger partial charge in [0, 0.05) is 76.4 Å². The third kappa shape index (κ3) is 7.95. The standard InChI is InChI=1S/C87H51N5O2S/c1-2-18-53(19-3-1)75-51-77(73-30-16-17-45-88-73)92-85(90-75)58-39-43-71-81(48-58)94-79-44-40-55(46-72(79)87(71)67-27-11-6-22-61(67)62-23-7-12-28-68(62)87)52-33-35-54(36-34-52)74-50-76(56-37-41-64-63-24-8-15-32-82(63)95-83(64)49-56)91-84(89-74)57-38-42-70-80(47-57)93-78-31-14-13-29-69(78)86(70)65-25-9-4-20-59(65)60-21-5-10-26-66(60)86/h1-51H. The van der Waals surface area contributed by atoms with Crippen LogP contribution in [-0.2, 0) is 10.8 Å². The van der Waals surface area contributed by atoms with E-state index < -0.39 is 10.8 Å². The fraction of sp³-hybridized carbons (Fsp3) is 0.0230. The highest BCUT2D eigenvalue weighted by Crippen LogP contribution is 2.64. The lowest BCUT2D eigenvalue weighted by Gasteiger charge is -2.39. The second kappa shape index (κ2) is 20.6. The number of para-hydroxylation sites is 1. The van der Waals surface area contributed by atoms with Gasteiger partial charge in [-0.15, -0.1) is 11.3 Å². The molecule has 6 heterocycles. The summed E-state index contributed by atoms with van der Waals surface area (Å²) in [4.78, 5) is 26.1. The average molecular weight is 1230 g/mol. The van der Waals surface area contributed by atoms with E-state index in [1.54, 1.807) is 6.20 Å². The number of benzene rings is 12. The first kappa shape index (κ1) is 53.4. The number of hydrogen-bond acceptors (Lipinski definition) is 8. The minimum atomic E-state index is -0.721. The molecule has 4 aliphatic rings. The van der Waals surface area contributed by atoms with Crippen LogP contribution in [0.4, 0.5) is 0 Å². The Balaban J connectivity index is 0.711. The molecule has 2 spiro atoms. The molecule has 0 saturated carbocycles. The summed E-state index contributed by atoms with van der Waals surface area (Å²) in [6.07, 6.45) is 1.80. The molecular weight excluding hydrogens is 1180 g/mol. The van der Waals surface area contributed by atoms with Gasteiger partial charge < -0.3 is 9.47 Å². The van der Waals surface area contributed by atoms with Gasteiger partial charge in [-0.05, 0) is 122 Å². The Morgan fingerprint density at radius 2 is 0.684 bits per heavy atom. The summed E-state index contributed by atoms with van der Waals surface area (Å²) in [5, 5.41) is 2.50. The maximum absolute atomic E-state index is 7.20. The van der Waals surface area contributed by atoms with E-state index >= 15 is 0 Å². The normalized spacial score (nSPS) is 13.6. The third-order valence-corrected chi connectivity index (χ3v) is 21.1. The summed E-state index contributed by atoms with van der Waals surface area (Å²) < 4.78 is 16.7. The molecule has 20 rings (SSSR count). The van der Waals surface area contributed by atoms with E-state index in [1.807, 2.05) is 53.8 Å². The van der Waals surface area contributed by atoms with Crippen LogP contribution in [-0.4, -0.2) is 24.9 Å². The topological polar surface area (TPSA) is 82.9 Å². The van der Waals surface area contributed by atoms with Gasteiger partial charge in [-0.3, -0.25) is 4.98 Å². The van der Waals surface area contributed by atoms with Crippen LogP contribution < -0.4 is 9.47 Å². The molecule has 0 atom stereocenters. The van der Waals surface area contributed by atoms with Gasteiger partial charge in [-0.2, -0.15) is 0 Å². The Kier molecular flexibility index (Phi) is 11.6. The summed E-state index contributed by atoms with van der Waals surface area (Å²) in [7, 11) is 0. The lowest BCUT2D eigenvalue weighted by atomic mass is 9.65. The maximum atomic E-state index is 7.20. The number of pyridine rings is 1. The van der Waals surface area contributed by atoms with E-state index in [-0.39, 0.29) is 0 Å². The quantitative estimate of drug-likeness (QED) is 0.157. The molecule has 4 aromatic heterocycles. The monoisotopic (exact) mass is 1230 g/mol. The zero-order chi connectivity index (χ0) is 62.3. The average Bonchev–Trinajstić information content (AvgIpc) is 1.59. The smallest absolute Gasteiger partial charge is 0.160 e. The van der Waals surface area contributed by atoms with E-state index in [0.29, 0.717) is 11.6 Å². The first-order valence-electron chi connectivity index (χ1n) is 32.1. The Morgan fingerprint density at radius 3 is 1.31 bits per heavy atom. The van der Waals surface area contributed by atoms with Crippen LogP contribution in [0.1, 0.15) is 44.5 Å². The van der Waals surface area contributed by atoms with Gasteiger partial charge >= 0.3 is 0 Å². The van der Waals surface area contributed by atoms with E-state index in [4.69, 9.17) is 34.4 Å².